The maximum absolute atomic E-state index is 12.7. The molecule has 2 aromatic heterocycles. The van der Waals surface area contributed by atoms with Gasteiger partial charge in [0, 0.05) is 6.54 Å². The molecule has 1 saturated heterocycles. The molecule has 0 bridgehead atoms. The summed E-state index contributed by atoms with van der Waals surface area (Å²) >= 11 is 5.76. The first-order valence-electron chi connectivity index (χ1n) is 7.41. The lowest BCUT2D eigenvalue weighted by atomic mass is 10.1. The predicted molar refractivity (Wildman–Crippen MR) is 82.6 cm³/mol. The van der Waals surface area contributed by atoms with E-state index in [-0.39, 0.29) is 18.0 Å². The number of carbonyl (C=O) groups excluding carboxylic acids is 1. The first-order chi connectivity index (χ1) is 11.0. The maximum atomic E-state index is 12.7. The highest BCUT2D eigenvalue weighted by atomic mass is 35.5. The van der Waals surface area contributed by atoms with E-state index in [1.54, 1.807) is 18.7 Å². The second-order valence-electron chi connectivity index (χ2n) is 5.52. The van der Waals surface area contributed by atoms with Crippen LogP contribution < -0.4 is 4.74 Å². The van der Waals surface area contributed by atoms with Gasteiger partial charge in [-0.3, -0.25) is 4.79 Å². The highest BCUT2D eigenvalue weighted by molar-refractivity contribution is 6.30. The molecule has 1 unspecified atom stereocenters. The first kappa shape index (κ1) is 15.7. The number of likely N-dealkylation sites (tertiary alicyclic amines) is 1. The number of nitrogens with zero attached hydrogens (tertiary/aromatic N) is 4. The number of carbonyl (C=O) groups is 1. The van der Waals surface area contributed by atoms with Crippen LogP contribution >= 0.6 is 11.6 Å². The maximum Gasteiger partial charge on any atom is 0.316 e. The van der Waals surface area contributed by atoms with Gasteiger partial charge >= 0.3 is 6.01 Å². The second kappa shape index (κ2) is 6.54. The second-order valence-corrected chi connectivity index (χ2v) is 5.95. The van der Waals surface area contributed by atoms with Crippen molar-refractivity contribution < 1.29 is 14.1 Å². The molecule has 3 rings (SSSR count). The Morgan fingerprint density at radius 3 is 2.78 bits per heavy atom. The molecule has 7 nitrogen and oxygen atoms in total. The first-order valence-corrected chi connectivity index (χ1v) is 7.78. The van der Waals surface area contributed by atoms with Gasteiger partial charge in [-0.15, -0.1) is 0 Å². The van der Waals surface area contributed by atoms with Gasteiger partial charge in [0.25, 0.3) is 5.91 Å². The minimum absolute atomic E-state index is 0.0772. The van der Waals surface area contributed by atoms with Crippen molar-refractivity contribution in [3.63, 3.8) is 0 Å². The van der Waals surface area contributed by atoms with E-state index < -0.39 is 0 Å². The number of aryl methyl sites for hydroxylation is 2. The largest absolute Gasteiger partial charge is 0.458 e. The Morgan fingerprint density at radius 2 is 2.13 bits per heavy atom. The van der Waals surface area contributed by atoms with Crippen molar-refractivity contribution >= 4 is 17.5 Å². The molecule has 0 spiro atoms. The van der Waals surface area contributed by atoms with Gasteiger partial charge in [0.2, 0.25) is 0 Å². The highest BCUT2D eigenvalue weighted by Gasteiger charge is 2.29. The fraction of sp³-hybridized carbons (Fsp3) is 0.467. The molecule has 1 fully saturated rings. The van der Waals surface area contributed by atoms with Crippen LogP contribution in [0.15, 0.2) is 16.9 Å². The van der Waals surface area contributed by atoms with E-state index in [1.807, 2.05) is 0 Å². The fourth-order valence-corrected chi connectivity index (χ4v) is 2.77. The Morgan fingerprint density at radius 1 is 1.39 bits per heavy atom. The predicted octanol–water partition coefficient (Wildman–Crippen LogP) is 2.42. The zero-order chi connectivity index (χ0) is 16.4. The Kier molecular flexibility index (Phi) is 4.47. The molecule has 0 radical (unpaired) electrons. The quantitative estimate of drug-likeness (QED) is 0.856. The van der Waals surface area contributed by atoms with Gasteiger partial charge in [-0.05, 0) is 26.7 Å². The smallest absolute Gasteiger partial charge is 0.316 e. The van der Waals surface area contributed by atoms with Gasteiger partial charge < -0.3 is 14.2 Å². The average Bonchev–Trinajstić information content (AvgIpc) is 2.88. The van der Waals surface area contributed by atoms with Crippen LogP contribution in [0.1, 0.15) is 34.7 Å². The van der Waals surface area contributed by atoms with Crippen LogP contribution in [0.4, 0.5) is 0 Å². The lowest BCUT2D eigenvalue weighted by molar-refractivity contribution is 0.0513. The third-order valence-electron chi connectivity index (χ3n) is 3.78. The van der Waals surface area contributed by atoms with Crippen molar-refractivity contribution in [3.05, 3.63) is 34.4 Å². The van der Waals surface area contributed by atoms with Crippen molar-refractivity contribution in [2.24, 2.45) is 0 Å². The molecular weight excluding hydrogens is 320 g/mol. The molecule has 122 valence electrons. The number of hydrogen-bond donors (Lipinski definition) is 0. The summed E-state index contributed by atoms with van der Waals surface area (Å²) < 4.78 is 10.8. The molecule has 1 aliphatic rings. The number of rotatable bonds is 3. The molecule has 0 aliphatic carbocycles. The standard InChI is InChI=1S/C15H17ClN4O3/c1-9-13(10(2)23-19-9)14(21)20-5-3-4-12(8-20)22-15-17-6-11(16)7-18-15/h6-7,12H,3-5,8H2,1-2H3. The summed E-state index contributed by atoms with van der Waals surface area (Å²) in [4.78, 5) is 22.5. The topological polar surface area (TPSA) is 81.4 Å². The third kappa shape index (κ3) is 3.44. The number of halogens is 1. The minimum atomic E-state index is -0.144. The molecule has 23 heavy (non-hydrogen) atoms. The number of piperidine rings is 1. The fourth-order valence-electron chi connectivity index (χ4n) is 2.68. The zero-order valence-corrected chi connectivity index (χ0v) is 13.7. The van der Waals surface area contributed by atoms with Crippen molar-refractivity contribution in [3.8, 4) is 6.01 Å². The van der Waals surface area contributed by atoms with Gasteiger partial charge in [-0.25, -0.2) is 9.97 Å². The molecule has 2 aromatic rings. The summed E-state index contributed by atoms with van der Waals surface area (Å²) in [5, 5.41) is 4.30. The van der Waals surface area contributed by atoms with Crippen molar-refractivity contribution in [2.75, 3.05) is 13.1 Å². The van der Waals surface area contributed by atoms with Crippen molar-refractivity contribution in [1.29, 1.82) is 0 Å². The van der Waals surface area contributed by atoms with E-state index in [9.17, 15) is 4.79 Å². The van der Waals surface area contributed by atoms with E-state index in [1.165, 1.54) is 12.4 Å². The molecule has 3 heterocycles. The average molecular weight is 337 g/mol. The zero-order valence-electron chi connectivity index (χ0n) is 13.0. The summed E-state index contributed by atoms with van der Waals surface area (Å²) in [6.07, 6.45) is 4.53. The number of ether oxygens (including phenoxy) is 1. The van der Waals surface area contributed by atoms with Gasteiger partial charge in [-0.2, -0.15) is 0 Å². The molecule has 1 aliphatic heterocycles. The van der Waals surface area contributed by atoms with Gasteiger partial charge in [0.05, 0.1) is 29.7 Å². The summed E-state index contributed by atoms with van der Waals surface area (Å²) in [5.41, 5.74) is 1.14. The molecule has 1 amide bonds. The molecule has 8 heteroatoms. The SMILES string of the molecule is Cc1noc(C)c1C(=O)N1CCCC(Oc2ncc(Cl)cn2)C1. The van der Waals surface area contributed by atoms with Crippen LogP contribution in [-0.2, 0) is 0 Å². The van der Waals surface area contributed by atoms with E-state index in [0.29, 0.717) is 35.1 Å². The van der Waals surface area contributed by atoms with Crippen LogP contribution in [0.3, 0.4) is 0 Å². The van der Waals surface area contributed by atoms with Gasteiger partial charge in [0.15, 0.2) is 0 Å². The minimum Gasteiger partial charge on any atom is -0.458 e. The summed E-state index contributed by atoms with van der Waals surface area (Å²) in [5.74, 6) is 0.461. The van der Waals surface area contributed by atoms with Crippen LogP contribution in [-0.4, -0.2) is 45.1 Å². The van der Waals surface area contributed by atoms with Crippen LogP contribution in [0.5, 0.6) is 6.01 Å². The number of amides is 1. The Balaban J connectivity index is 1.68. The summed E-state index contributed by atoms with van der Waals surface area (Å²) in [6.45, 7) is 4.68. The van der Waals surface area contributed by atoms with E-state index in [0.717, 1.165) is 12.8 Å². The lowest BCUT2D eigenvalue weighted by Crippen LogP contribution is -2.44. The Labute approximate surface area is 138 Å². The van der Waals surface area contributed by atoms with Crippen LogP contribution in [0, 0.1) is 13.8 Å². The summed E-state index contributed by atoms with van der Waals surface area (Å²) in [7, 11) is 0. The highest BCUT2D eigenvalue weighted by Crippen LogP contribution is 2.21. The summed E-state index contributed by atoms with van der Waals surface area (Å²) in [6, 6.07) is 0.269. The van der Waals surface area contributed by atoms with E-state index in [2.05, 4.69) is 15.1 Å². The normalized spacial score (nSPS) is 18.0. The molecule has 0 aromatic carbocycles. The van der Waals surface area contributed by atoms with E-state index in [4.69, 9.17) is 20.9 Å². The van der Waals surface area contributed by atoms with E-state index >= 15 is 0 Å². The lowest BCUT2D eigenvalue weighted by Gasteiger charge is -2.32. The number of aromatic nitrogens is 3. The van der Waals surface area contributed by atoms with Gasteiger partial charge in [-0.1, -0.05) is 16.8 Å². The number of hydrogen-bond acceptors (Lipinski definition) is 6. The Bertz CT molecular complexity index is 682. The van der Waals surface area contributed by atoms with Crippen LogP contribution in [0.2, 0.25) is 5.02 Å². The molecule has 0 N–H and O–H groups in total. The Hall–Kier alpha value is -2.15. The van der Waals surface area contributed by atoms with Gasteiger partial charge in [0.1, 0.15) is 17.4 Å². The van der Waals surface area contributed by atoms with Crippen molar-refractivity contribution in [2.45, 2.75) is 32.8 Å². The monoisotopic (exact) mass is 336 g/mol. The molecular formula is C15H17ClN4O3. The third-order valence-corrected chi connectivity index (χ3v) is 3.98. The molecule has 1 atom stereocenters. The molecule has 0 saturated carbocycles. The van der Waals surface area contributed by atoms with Crippen LogP contribution in [0.25, 0.3) is 0 Å². The van der Waals surface area contributed by atoms with Crippen molar-refractivity contribution in [1.82, 2.24) is 20.0 Å².